The number of hydrazine groups is 1. The normalized spacial score (nSPS) is 15.9. The minimum atomic E-state index is -0.656. The Labute approximate surface area is 154 Å². The molecule has 3 rings (SSSR count). The Hall–Kier alpha value is -3.49. The molecular formula is C18H18FN5O3. The number of pyridine rings is 1. The number of benzene rings is 1. The van der Waals surface area contributed by atoms with Crippen LogP contribution in [-0.2, 0) is 4.79 Å². The van der Waals surface area contributed by atoms with Gasteiger partial charge in [0, 0.05) is 18.3 Å². The molecule has 8 nitrogen and oxygen atoms in total. The zero-order valence-corrected chi connectivity index (χ0v) is 14.3. The van der Waals surface area contributed by atoms with Crippen molar-refractivity contribution < 1.29 is 18.8 Å². The van der Waals surface area contributed by atoms with E-state index in [1.54, 1.807) is 18.3 Å². The molecule has 1 atom stereocenters. The van der Waals surface area contributed by atoms with Crippen LogP contribution in [0.15, 0.2) is 48.8 Å². The average Bonchev–Trinajstić information content (AvgIpc) is 3.17. The number of hydrogen-bond donors (Lipinski definition) is 3. The molecule has 1 aliphatic rings. The summed E-state index contributed by atoms with van der Waals surface area (Å²) in [6.45, 7) is 0.382. The molecule has 1 aliphatic heterocycles. The van der Waals surface area contributed by atoms with Gasteiger partial charge < -0.3 is 10.2 Å². The fourth-order valence-corrected chi connectivity index (χ4v) is 2.83. The van der Waals surface area contributed by atoms with Gasteiger partial charge >= 0.3 is 6.03 Å². The van der Waals surface area contributed by atoms with Gasteiger partial charge in [0.25, 0.3) is 5.91 Å². The fraction of sp³-hybridized carbons (Fsp3) is 0.222. The zero-order valence-electron chi connectivity index (χ0n) is 14.3. The highest BCUT2D eigenvalue weighted by Crippen LogP contribution is 2.19. The monoisotopic (exact) mass is 371 g/mol. The van der Waals surface area contributed by atoms with Crippen LogP contribution in [0.4, 0.5) is 14.9 Å². The van der Waals surface area contributed by atoms with Crippen LogP contribution in [0, 0.1) is 5.82 Å². The molecule has 4 amide bonds. The highest BCUT2D eigenvalue weighted by atomic mass is 19.1. The number of hydrogen-bond acceptors (Lipinski definition) is 4. The second kappa shape index (κ2) is 8.26. The Morgan fingerprint density at radius 2 is 2.00 bits per heavy atom. The molecule has 0 saturated carbocycles. The van der Waals surface area contributed by atoms with Crippen LogP contribution >= 0.6 is 0 Å². The number of carbonyl (C=O) groups is 3. The first-order valence-electron chi connectivity index (χ1n) is 8.38. The first-order valence-corrected chi connectivity index (χ1v) is 8.38. The number of halogens is 1. The quantitative estimate of drug-likeness (QED) is 0.714. The van der Waals surface area contributed by atoms with E-state index in [9.17, 15) is 18.8 Å². The van der Waals surface area contributed by atoms with Crippen LogP contribution in [-0.4, -0.2) is 40.3 Å². The summed E-state index contributed by atoms with van der Waals surface area (Å²) in [7, 11) is 0. The van der Waals surface area contributed by atoms with Gasteiger partial charge in [-0.2, -0.15) is 0 Å². The van der Waals surface area contributed by atoms with Gasteiger partial charge in [-0.1, -0.05) is 6.07 Å². The number of nitrogens with one attached hydrogen (secondary N) is 3. The Morgan fingerprint density at radius 1 is 1.15 bits per heavy atom. The van der Waals surface area contributed by atoms with E-state index < -0.39 is 23.8 Å². The van der Waals surface area contributed by atoms with Crippen molar-refractivity contribution in [2.45, 2.75) is 18.9 Å². The molecule has 1 aromatic carbocycles. The maximum atomic E-state index is 13.2. The van der Waals surface area contributed by atoms with E-state index in [4.69, 9.17) is 0 Å². The third-order valence-corrected chi connectivity index (χ3v) is 4.12. The Kier molecular flexibility index (Phi) is 5.60. The number of amides is 4. The molecule has 2 heterocycles. The number of anilines is 1. The second-order valence-electron chi connectivity index (χ2n) is 5.98. The van der Waals surface area contributed by atoms with Crippen LogP contribution in [0.3, 0.4) is 0 Å². The Morgan fingerprint density at radius 3 is 2.74 bits per heavy atom. The summed E-state index contributed by atoms with van der Waals surface area (Å²) in [4.78, 5) is 42.0. The maximum Gasteiger partial charge on any atom is 0.336 e. The standard InChI is InChI=1S/C18H18FN5O3/c19-13-5-1-4-12(10-13)16(25)22-23-18(27)24-9-3-7-15(24)17(26)21-14-6-2-8-20-11-14/h1-2,4-6,8,10-11,15H,3,7,9H2,(H,21,26)(H,22,25)(H,23,27)/t15-/m0/s1. The molecular weight excluding hydrogens is 353 g/mol. The zero-order chi connectivity index (χ0) is 19.2. The SMILES string of the molecule is O=C(NNC(=O)N1CCC[C@H]1C(=O)Nc1cccnc1)c1cccc(F)c1. The number of aromatic nitrogens is 1. The molecule has 0 aliphatic carbocycles. The summed E-state index contributed by atoms with van der Waals surface area (Å²) in [6, 6.07) is 7.21. The van der Waals surface area contributed by atoms with Crippen molar-refractivity contribution in [3.63, 3.8) is 0 Å². The summed E-state index contributed by atoms with van der Waals surface area (Å²) in [5, 5.41) is 2.71. The van der Waals surface area contributed by atoms with Crippen LogP contribution < -0.4 is 16.2 Å². The predicted octanol–water partition coefficient (Wildman–Crippen LogP) is 1.68. The second-order valence-corrected chi connectivity index (χ2v) is 5.98. The molecule has 3 N–H and O–H groups in total. The van der Waals surface area contributed by atoms with E-state index in [0.29, 0.717) is 25.1 Å². The van der Waals surface area contributed by atoms with Gasteiger partial charge in [-0.3, -0.25) is 20.0 Å². The lowest BCUT2D eigenvalue weighted by molar-refractivity contribution is -0.119. The molecule has 9 heteroatoms. The summed E-state index contributed by atoms with van der Waals surface area (Å²) >= 11 is 0. The Bertz CT molecular complexity index is 846. The molecule has 1 aromatic heterocycles. The van der Waals surface area contributed by atoms with Gasteiger partial charge in [-0.25, -0.2) is 14.6 Å². The van der Waals surface area contributed by atoms with Crippen molar-refractivity contribution in [2.24, 2.45) is 0 Å². The van der Waals surface area contributed by atoms with Crippen molar-refractivity contribution >= 4 is 23.5 Å². The van der Waals surface area contributed by atoms with Crippen LogP contribution in [0.1, 0.15) is 23.2 Å². The summed E-state index contributed by atoms with van der Waals surface area (Å²) in [5.41, 5.74) is 5.10. The molecule has 0 spiro atoms. The molecule has 2 aromatic rings. The van der Waals surface area contributed by atoms with Crippen LogP contribution in [0.5, 0.6) is 0 Å². The highest BCUT2D eigenvalue weighted by molar-refractivity contribution is 5.98. The number of likely N-dealkylation sites (tertiary alicyclic amines) is 1. The van der Waals surface area contributed by atoms with Gasteiger partial charge in [0.15, 0.2) is 0 Å². The predicted molar refractivity (Wildman–Crippen MR) is 95.0 cm³/mol. The summed E-state index contributed by atoms with van der Waals surface area (Å²) in [5.74, 6) is -1.54. The minimum Gasteiger partial charge on any atom is -0.323 e. The lowest BCUT2D eigenvalue weighted by Gasteiger charge is -2.24. The van der Waals surface area contributed by atoms with Crippen molar-refractivity contribution in [1.29, 1.82) is 0 Å². The van der Waals surface area contributed by atoms with Gasteiger partial charge in [-0.05, 0) is 43.2 Å². The van der Waals surface area contributed by atoms with Gasteiger partial charge in [0.1, 0.15) is 11.9 Å². The van der Waals surface area contributed by atoms with Crippen LogP contribution in [0.25, 0.3) is 0 Å². The fourth-order valence-electron chi connectivity index (χ4n) is 2.83. The van der Waals surface area contributed by atoms with Crippen LogP contribution in [0.2, 0.25) is 0 Å². The number of carbonyl (C=O) groups excluding carboxylic acids is 3. The van der Waals surface area contributed by atoms with E-state index in [1.807, 2.05) is 0 Å². The van der Waals surface area contributed by atoms with Gasteiger partial charge in [0.2, 0.25) is 5.91 Å². The lowest BCUT2D eigenvalue weighted by Crippen LogP contribution is -2.52. The molecule has 0 radical (unpaired) electrons. The number of urea groups is 1. The first kappa shape index (κ1) is 18.3. The molecule has 140 valence electrons. The van der Waals surface area contributed by atoms with Crippen molar-refractivity contribution in [1.82, 2.24) is 20.7 Å². The van der Waals surface area contributed by atoms with E-state index in [2.05, 4.69) is 21.2 Å². The lowest BCUT2D eigenvalue weighted by atomic mass is 10.2. The van der Waals surface area contributed by atoms with Gasteiger partial charge in [0.05, 0.1) is 11.9 Å². The molecule has 27 heavy (non-hydrogen) atoms. The highest BCUT2D eigenvalue weighted by Gasteiger charge is 2.34. The smallest absolute Gasteiger partial charge is 0.323 e. The van der Waals surface area contributed by atoms with E-state index >= 15 is 0 Å². The number of nitrogens with zero attached hydrogens (tertiary/aromatic N) is 2. The third kappa shape index (κ3) is 4.57. The summed E-state index contributed by atoms with van der Waals surface area (Å²) < 4.78 is 13.2. The van der Waals surface area contributed by atoms with E-state index in [-0.39, 0.29) is 11.5 Å². The third-order valence-electron chi connectivity index (χ3n) is 4.12. The van der Waals surface area contributed by atoms with Crippen molar-refractivity contribution in [2.75, 3.05) is 11.9 Å². The van der Waals surface area contributed by atoms with Crippen molar-refractivity contribution in [3.05, 3.63) is 60.2 Å². The molecule has 1 fully saturated rings. The number of rotatable bonds is 3. The van der Waals surface area contributed by atoms with Gasteiger partial charge in [-0.15, -0.1) is 0 Å². The average molecular weight is 371 g/mol. The van der Waals surface area contributed by atoms with E-state index in [1.165, 1.54) is 29.3 Å². The molecule has 0 bridgehead atoms. The molecule has 0 unspecified atom stereocenters. The Balaban J connectivity index is 1.57. The minimum absolute atomic E-state index is 0.0718. The topological polar surface area (TPSA) is 103 Å². The summed E-state index contributed by atoms with van der Waals surface area (Å²) in [6.07, 6.45) is 4.27. The largest absolute Gasteiger partial charge is 0.336 e. The maximum absolute atomic E-state index is 13.2. The first-order chi connectivity index (χ1) is 13.0. The van der Waals surface area contributed by atoms with E-state index in [0.717, 1.165) is 6.07 Å². The van der Waals surface area contributed by atoms with Crippen molar-refractivity contribution in [3.8, 4) is 0 Å². The molecule has 1 saturated heterocycles.